The van der Waals surface area contributed by atoms with Crippen LogP contribution in [-0.4, -0.2) is 30.9 Å². The average Bonchev–Trinajstić information content (AvgIpc) is 2.36. The molecule has 0 saturated carbocycles. The summed E-state index contributed by atoms with van der Waals surface area (Å²) in [7, 11) is 3.77. The Bertz CT molecular complexity index is 495. The van der Waals surface area contributed by atoms with E-state index < -0.39 is 6.04 Å². The molecule has 0 aliphatic rings. The van der Waals surface area contributed by atoms with Crippen LogP contribution in [-0.2, 0) is 17.9 Å². The Labute approximate surface area is 126 Å². The highest BCUT2D eigenvalue weighted by Gasteiger charge is 2.27. The summed E-state index contributed by atoms with van der Waals surface area (Å²) in [4.78, 5) is 13.9. The number of carbonyl (C=O) groups excluding carboxylic acids is 1. The van der Waals surface area contributed by atoms with Gasteiger partial charge in [-0.25, -0.2) is 4.39 Å². The fourth-order valence-corrected chi connectivity index (χ4v) is 1.89. The molecule has 0 bridgehead atoms. The highest BCUT2D eigenvalue weighted by molar-refractivity contribution is 5.82. The van der Waals surface area contributed by atoms with Gasteiger partial charge >= 0.3 is 0 Å². The smallest absolute Gasteiger partial charge is 0.237 e. The topological polar surface area (TPSA) is 58.4 Å². The first-order valence-electron chi connectivity index (χ1n) is 7.06. The van der Waals surface area contributed by atoms with Crippen molar-refractivity contribution in [3.63, 3.8) is 0 Å². The van der Waals surface area contributed by atoms with E-state index in [1.54, 1.807) is 12.1 Å². The number of carbonyl (C=O) groups is 1. The molecule has 0 aliphatic heterocycles. The number of hydrogen-bond donors (Lipinski definition) is 2. The molecule has 3 N–H and O–H groups in total. The van der Waals surface area contributed by atoms with E-state index in [2.05, 4.69) is 5.32 Å². The molecule has 1 amide bonds. The molecule has 5 heteroatoms. The van der Waals surface area contributed by atoms with Gasteiger partial charge in [-0.15, -0.1) is 0 Å². The van der Waals surface area contributed by atoms with Crippen LogP contribution >= 0.6 is 0 Å². The molecule has 0 radical (unpaired) electrons. The van der Waals surface area contributed by atoms with E-state index in [9.17, 15) is 9.18 Å². The maximum Gasteiger partial charge on any atom is 0.237 e. The number of nitrogens with two attached hydrogens (primary N) is 1. The third-order valence-corrected chi connectivity index (χ3v) is 3.28. The highest BCUT2D eigenvalue weighted by Crippen LogP contribution is 2.17. The van der Waals surface area contributed by atoms with Crippen LogP contribution < -0.4 is 11.1 Å². The molecule has 1 atom stereocenters. The molecule has 0 heterocycles. The molecule has 4 nitrogen and oxygen atoms in total. The minimum Gasteiger partial charge on any atom is -0.351 e. The number of nitrogens with zero attached hydrogens (tertiary/aromatic N) is 1. The molecule has 0 aliphatic carbocycles. The molecule has 0 spiro atoms. The summed E-state index contributed by atoms with van der Waals surface area (Å²) in [6.07, 6.45) is 0. The summed E-state index contributed by atoms with van der Waals surface area (Å²) in [5.74, 6) is -0.425. The summed E-state index contributed by atoms with van der Waals surface area (Å²) in [6, 6.07) is 4.32. The Hall–Kier alpha value is -1.46. The Kier molecular flexibility index (Phi) is 5.87. The minimum absolute atomic E-state index is 0.194. The normalized spacial score (nSPS) is 13.3. The van der Waals surface area contributed by atoms with Crippen LogP contribution in [0.3, 0.4) is 0 Å². The molecular weight excluding hydrogens is 269 g/mol. The summed E-state index contributed by atoms with van der Waals surface area (Å²) < 4.78 is 13.7. The largest absolute Gasteiger partial charge is 0.351 e. The predicted octanol–water partition coefficient (Wildman–Crippen LogP) is 1.88. The van der Waals surface area contributed by atoms with E-state index in [0.29, 0.717) is 18.7 Å². The lowest BCUT2D eigenvalue weighted by atomic mass is 9.87. The van der Waals surface area contributed by atoms with Crippen LogP contribution in [0.1, 0.15) is 31.9 Å². The monoisotopic (exact) mass is 295 g/mol. The zero-order valence-electron chi connectivity index (χ0n) is 13.5. The number of nitrogens with one attached hydrogen (secondary N) is 1. The van der Waals surface area contributed by atoms with Gasteiger partial charge in [-0.3, -0.25) is 4.79 Å². The SMILES string of the molecule is CN(C)Cc1cc(CNC(=O)[C@@H](N)C(C)(C)C)ccc1F. The first-order valence-corrected chi connectivity index (χ1v) is 7.06. The van der Waals surface area contributed by atoms with Crippen molar-refractivity contribution in [2.45, 2.75) is 39.9 Å². The van der Waals surface area contributed by atoms with Crippen molar-refractivity contribution in [2.75, 3.05) is 14.1 Å². The zero-order valence-corrected chi connectivity index (χ0v) is 13.5. The maximum absolute atomic E-state index is 13.7. The van der Waals surface area contributed by atoms with Gasteiger partial charge in [0, 0.05) is 18.7 Å². The standard InChI is InChI=1S/C16H26FN3O/c1-16(2,3)14(18)15(21)19-9-11-6-7-13(17)12(8-11)10-20(4)5/h6-8,14H,9-10,18H2,1-5H3,(H,19,21)/t14-/m1/s1. The van der Waals surface area contributed by atoms with Gasteiger partial charge in [0.1, 0.15) is 5.82 Å². The average molecular weight is 295 g/mol. The molecule has 0 fully saturated rings. The molecule has 118 valence electrons. The Morgan fingerprint density at radius 1 is 1.38 bits per heavy atom. The summed E-state index contributed by atoms with van der Waals surface area (Å²) in [5, 5.41) is 2.81. The van der Waals surface area contributed by atoms with Gasteiger partial charge in [-0.05, 0) is 37.2 Å². The quantitative estimate of drug-likeness (QED) is 0.872. The van der Waals surface area contributed by atoms with Crippen molar-refractivity contribution in [1.82, 2.24) is 10.2 Å². The van der Waals surface area contributed by atoms with Gasteiger partial charge in [-0.2, -0.15) is 0 Å². The third kappa shape index (κ3) is 5.44. The lowest BCUT2D eigenvalue weighted by Gasteiger charge is -2.25. The lowest BCUT2D eigenvalue weighted by Crippen LogP contribution is -2.48. The Morgan fingerprint density at radius 3 is 2.52 bits per heavy atom. The molecule has 1 rings (SSSR count). The van der Waals surface area contributed by atoms with Crippen LogP contribution in [0.5, 0.6) is 0 Å². The summed E-state index contributed by atoms with van der Waals surface area (Å²) >= 11 is 0. The van der Waals surface area contributed by atoms with Crippen molar-refractivity contribution < 1.29 is 9.18 Å². The van der Waals surface area contributed by atoms with Crippen LogP contribution in [0.4, 0.5) is 4.39 Å². The van der Waals surface area contributed by atoms with Crippen molar-refractivity contribution in [3.05, 3.63) is 35.1 Å². The van der Waals surface area contributed by atoms with E-state index >= 15 is 0 Å². The van der Waals surface area contributed by atoms with Crippen molar-refractivity contribution in [1.29, 1.82) is 0 Å². The lowest BCUT2D eigenvalue weighted by molar-refractivity contribution is -0.124. The molecule has 1 aromatic rings. The van der Waals surface area contributed by atoms with Gasteiger partial charge < -0.3 is 16.0 Å². The van der Waals surface area contributed by atoms with E-state index in [-0.39, 0.29) is 17.1 Å². The minimum atomic E-state index is -0.570. The summed E-state index contributed by atoms with van der Waals surface area (Å²) in [6.45, 7) is 6.64. The molecule has 0 unspecified atom stereocenters. The zero-order chi connectivity index (χ0) is 16.2. The van der Waals surface area contributed by atoms with Gasteiger partial charge in [0.15, 0.2) is 0 Å². The van der Waals surface area contributed by atoms with E-state index in [1.807, 2.05) is 39.8 Å². The second kappa shape index (κ2) is 7.00. The third-order valence-electron chi connectivity index (χ3n) is 3.28. The fourth-order valence-electron chi connectivity index (χ4n) is 1.89. The maximum atomic E-state index is 13.7. The molecular formula is C16H26FN3O. The van der Waals surface area contributed by atoms with Crippen molar-refractivity contribution >= 4 is 5.91 Å². The molecule has 0 saturated heterocycles. The second-order valence-electron chi connectivity index (χ2n) is 6.73. The molecule has 0 aromatic heterocycles. The van der Waals surface area contributed by atoms with Gasteiger partial charge in [0.2, 0.25) is 5.91 Å². The first kappa shape index (κ1) is 17.6. The molecule has 21 heavy (non-hydrogen) atoms. The van der Waals surface area contributed by atoms with E-state index in [4.69, 9.17) is 5.73 Å². The van der Waals surface area contributed by atoms with Gasteiger partial charge in [-0.1, -0.05) is 26.8 Å². The Morgan fingerprint density at radius 2 is 2.00 bits per heavy atom. The molecule has 1 aromatic carbocycles. The number of benzene rings is 1. The predicted molar refractivity (Wildman–Crippen MR) is 83.1 cm³/mol. The van der Waals surface area contributed by atoms with E-state index in [1.165, 1.54) is 6.07 Å². The number of halogens is 1. The highest BCUT2D eigenvalue weighted by atomic mass is 19.1. The number of hydrogen-bond acceptors (Lipinski definition) is 3. The van der Waals surface area contributed by atoms with Crippen molar-refractivity contribution in [2.24, 2.45) is 11.1 Å². The second-order valence-corrected chi connectivity index (χ2v) is 6.73. The van der Waals surface area contributed by atoms with Gasteiger partial charge in [0.05, 0.1) is 6.04 Å². The summed E-state index contributed by atoms with van der Waals surface area (Å²) in [5.41, 5.74) is 7.09. The van der Waals surface area contributed by atoms with E-state index in [0.717, 1.165) is 5.56 Å². The Balaban J connectivity index is 2.70. The van der Waals surface area contributed by atoms with Crippen molar-refractivity contribution in [3.8, 4) is 0 Å². The number of rotatable bonds is 5. The number of amides is 1. The first-order chi connectivity index (χ1) is 9.61. The van der Waals surface area contributed by atoms with Crippen LogP contribution in [0.25, 0.3) is 0 Å². The van der Waals surface area contributed by atoms with Crippen LogP contribution in [0.15, 0.2) is 18.2 Å². The van der Waals surface area contributed by atoms with Crippen LogP contribution in [0, 0.1) is 11.2 Å². The fraction of sp³-hybridized carbons (Fsp3) is 0.562. The van der Waals surface area contributed by atoms with Crippen LogP contribution in [0.2, 0.25) is 0 Å². The van der Waals surface area contributed by atoms with Gasteiger partial charge in [0.25, 0.3) is 0 Å².